The monoisotopic (exact) mass is 257 g/mol. The molecule has 0 saturated carbocycles. The molecular formula is C18H13N2. The van der Waals surface area contributed by atoms with E-state index in [1.165, 1.54) is 0 Å². The zero-order valence-electron chi connectivity index (χ0n) is 10.9. The maximum Gasteiger partial charge on any atom is 0.0908 e. The van der Waals surface area contributed by atoms with Crippen LogP contribution in [0.15, 0.2) is 84.0 Å². The van der Waals surface area contributed by atoms with Crippen molar-refractivity contribution >= 4 is 11.4 Å². The fraction of sp³-hybridized carbons (Fsp3) is 0. The Kier molecular flexibility index (Phi) is 3.65. The minimum absolute atomic E-state index is 0.850. The first-order valence-electron chi connectivity index (χ1n) is 6.45. The van der Waals surface area contributed by atoms with Crippen LogP contribution >= 0.6 is 0 Å². The van der Waals surface area contributed by atoms with Crippen LogP contribution in [0.4, 0.5) is 5.69 Å². The molecular weight excluding hydrogens is 244 g/mol. The van der Waals surface area contributed by atoms with Crippen LogP contribution in [0.1, 0.15) is 11.1 Å². The smallest absolute Gasteiger partial charge is 0.0908 e. The summed E-state index contributed by atoms with van der Waals surface area (Å²) < 4.78 is 0. The molecule has 0 bridgehead atoms. The summed E-state index contributed by atoms with van der Waals surface area (Å²) in [7, 11) is 0. The average molecular weight is 257 g/mol. The van der Waals surface area contributed by atoms with E-state index in [9.17, 15) is 0 Å². The Balaban J connectivity index is 2.12. The van der Waals surface area contributed by atoms with Gasteiger partial charge in [0.1, 0.15) is 0 Å². The van der Waals surface area contributed by atoms with Gasteiger partial charge in [0.2, 0.25) is 0 Å². The van der Waals surface area contributed by atoms with E-state index in [2.05, 4.69) is 35.4 Å². The van der Waals surface area contributed by atoms with E-state index in [4.69, 9.17) is 4.99 Å². The highest BCUT2D eigenvalue weighted by atomic mass is 14.8. The normalized spacial score (nSPS) is 10.0. The lowest BCUT2D eigenvalue weighted by molar-refractivity contribution is 1.30. The topological polar surface area (TPSA) is 25.2 Å². The molecule has 0 fully saturated rings. The van der Waals surface area contributed by atoms with Gasteiger partial charge in [0.25, 0.3) is 0 Å². The minimum atomic E-state index is 0.850. The van der Waals surface area contributed by atoms with Crippen LogP contribution in [0.2, 0.25) is 0 Å². The predicted molar refractivity (Wildman–Crippen MR) is 81.3 cm³/mol. The van der Waals surface area contributed by atoms with Crippen molar-refractivity contribution < 1.29 is 0 Å². The van der Waals surface area contributed by atoms with E-state index in [1.54, 1.807) is 12.3 Å². The van der Waals surface area contributed by atoms with Gasteiger partial charge >= 0.3 is 0 Å². The number of benzene rings is 2. The Morgan fingerprint density at radius 2 is 1.40 bits per heavy atom. The molecule has 95 valence electrons. The van der Waals surface area contributed by atoms with Gasteiger partial charge in [0, 0.05) is 17.3 Å². The molecule has 1 radical (unpaired) electrons. The first kappa shape index (κ1) is 12.3. The molecule has 0 spiro atoms. The van der Waals surface area contributed by atoms with Gasteiger partial charge in [-0.15, -0.1) is 0 Å². The van der Waals surface area contributed by atoms with Crippen LogP contribution in [-0.2, 0) is 0 Å². The third-order valence-electron chi connectivity index (χ3n) is 2.94. The van der Waals surface area contributed by atoms with E-state index < -0.39 is 0 Å². The van der Waals surface area contributed by atoms with Crippen molar-refractivity contribution in [2.75, 3.05) is 0 Å². The van der Waals surface area contributed by atoms with Gasteiger partial charge in [-0.1, -0.05) is 60.7 Å². The van der Waals surface area contributed by atoms with Crippen molar-refractivity contribution in [3.63, 3.8) is 0 Å². The molecule has 2 aromatic carbocycles. The van der Waals surface area contributed by atoms with Crippen LogP contribution in [0.3, 0.4) is 0 Å². The van der Waals surface area contributed by atoms with Crippen LogP contribution in [0.25, 0.3) is 0 Å². The number of pyridine rings is 1. The van der Waals surface area contributed by atoms with Gasteiger partial charge in [-0.2, -0.15) is 0 Å². The van der Waals surface area contributed by atoms with Crippen molar-refractivity contribution in [2.24, 2.45) is 4.99 Å². The Hall–Kier alpha value is -2.74. The first-order chi connectivity index (χ1) is 9.93. The fourth-order valence-corrected chi connectivity index (χ4v) is 1.99. The van der Waals surface area contributed by atoms with Crippen molar-refractivity contribution in [1.82, 2.24) is 4.98 Å². The summed E-state index contributed by atoms with van der Waals surface area (Å²) in [6, 6.07) is 24.0. The molecule has 0 amide bonds. The van der Waals surface area contributed by atoms with Crippen LogP contribution < -0.4 is 0 Å². The summed E-state index contributed by atoms with van der Waals surface area (Å²) in [6.45, 7) is 0. The number of rotatable bonds is 3. The molecule has 1 heterocycles. The molecule has 3 rings (SSSR count). The third kappa shape index (κ3) is 2.81. The second-order valence-electron chi connectivity index (χ2n) is 4.34. The standard InChI is InChI=1S/C18H13N2/c1-3-7-15(8-4-1)18(16-9-5-2-6-10-16)20-17-11-13-19-14-12-17/h1-13H. The van der Waals surface area contributed by atoms with Gasteiger partial charge in [0.15, 0.2) is 0 Å². The second-order valence-corrected chi connectivity index (χ2v) is 4.34. The summed E-state index contributed by atoms with van der Waals surface area (Å²) in [5, 5.41) is 0. The van der Waals surface area contributed by atoms with Gasteiger partial charge in [-0.25, -0.2) is 4.99 Å². The summed E-state index contributed by atoms with van der Waals surface area (Å²) in [5.74, 6) is 0. The molecule has 0 unspecified atom stereocenters. The van der Waals surface area contributed by atoms with Gasteiger partial charge in [0.05, 0.1) is 17.6 Å². The van der Waals surface area contributed by atoms with Crippen LogP contribution in [-0.4, -0.2) is 10.7 Å². The lowest BCUT2D eigenvalue weighted by atomic mass is 10.0. The molecule has 0 aliphatic carbocycles. The zero-order valence-corrected chi connectivity index (χ0v) is 10.9. The number of aliphatic imine (C=N–C) groups is 1. The van der Waals surface area contributed by atoms with Crippen molar-refractivity contribution in [2.45, 2.75) is 0 Å². The second kappa shape index (κ2) is 5.93. The van der Waals surface area contributed by atoms with E-state index in [-0.39, 0.29) is 0 Å². The summed E-state index contributed by atoms with van der Waals surface area (Å²) in [4.78, 5) is 8.65. The number of hydrogen-bond acceptors (Lipinski definition) is 2. The molecule has 0 saturated heterocycles. The average Bonchev–Trinajstić information content (AvgIpc) is 2.55. The Morgan fingerprint density at radius 1 is 0.800 bits per heavy atom. The Bertz CT molecular complexity index is 648. The third-order valence-corrected chi connectivity index (χ3v) is 2.94. The quantitative estimate of drug-likeness (QED) is 0.650. The molecule has 0 N–H and O–H groups in total. The van der Waals surface area contributed by atoms with Crippen molar-refractivity contribution in [1.29, 1.82) is 0 Å². The molecule has 20 heavy (non-hydrogen) atoms. The SMILES string of the molecule is [c]1cc(N=C(c2ccccc2)c2ccccc2)ccn1. The summed E-state index contributed by atoms with van der Waals surface area (Å²) in [6.07, 6.45) is 4.51. The maximum atomic E-state index is 4.74. The lowest BCUT2D eigenvalue weighted by Crippen LogP contribution is -2.02. The number of hydrogen-bond donors (Lipinski definition) is 0. The maximum absolute atomic E-state index is 4.74. The largest absolute Gasteiger partial charge is 0.254 e. The molecule has 0 aliphatic rings. The number of aromatic nitrogens is 1. The molecule has 3 aromatic rings. The molecule has 1 aromatic heterocycles. The summed E-state index contributed by atoms with van der Waals surface area (Å²) >= 11 is 0. The highest BCUT2D eigenvalue weighted by Crippen LogP contribution is 2.17. The van der Waals surface area contributed by atoms with Gasteiger partial charge in [-0.3, -0.25) is 4.98 Å². The number of nitrogens with zero attached hydrogens (tertiary/aromatic N) is 2. The van der Waals surface area contributed by atoms with Crippen molar-refractivity contribution in [3.8, 4) is 0 Å². The van der Waals surface area contributed by atoms with E-state index >= 15 is 0 Å². The molecule has 0 aliphatic heterocycles. The van der Waals surface area contributed by atoms with Gasteiger partial charge < -0.3 is 0 Å². The zero-order chi connectivity index (χ0) is 13.6. The molecule has 2 nitrogen and oxygen atoms in total. The van der Waals surface area contributed by atoms with E-state index in [1.807, 2.05) is 42.5 Å². The fourth-order valence-electron chi connectivity index (χ4n) is 1.99. The minimum Gasteiger partial charge on any atom is -0.254 e. The summed E-state index contributed by atoms with van der Waals surface area (Å²) in [5.41, 5.74) is 3.99. The molecule has 2 heteroatoms. The Morgan fingerprint density at radius 3 is 1.90 bits per heavy atom. The highest BCUT2D eigenvalue weighted by molar-refractivity contribution is 6.13. The molecule has 0 atom stereocenters. The van der Waals surface area contributed by atoms with Crippen molar-refractivity contribution in [3.05, 3.63) is 96.3 Å². The lowest BCUT2D eigenvalue weighted by Gasteiger charge is -2.07. The van der Waals surface area contributed by atoms with E-state index in [0.717, 1.165) is 22.5 Å². The van der Waals surface area contributed by atoms with Gasteiger partial charge in [-0.05, 0) is 12.1 Å². The predicted octanol–water partition coefficient (Wildman–Crippen LogP) is 4.05. The Labute approximate surface area is 118 Å². The van der Waals surface area contributed by atoms with Crippen LogP contribution in [0.5, 0.6) is 0 Å². The highest BCUT2D eigenvalue weighted by Gasteiger charge is 2.06. The van der Waals surface area contributed by atoms with Crippen LogP contribution in [0, 0.1) is 6.20 Å². The van der Waals surface area contributed by atoms with E-state index in [0.29, 0.717) is 0 Å². The first-order valence-corrected chi connectivity index (χ1v) is 6.45.